The predicted octanol–water partition coefficient (Wildman–Crippen LogP) is 3.73. The summed E-state index contributed by atoms with van der Waals surface area (Å²) in [5.74, 6) is 0.644. The number of carbonyl (C=O) groups is 1. The van der Waals surface area contributed by atoms with Crippen molar-refractivity contribution in [3.63, 3.8) is 0 Å². The van der Waals surface area contributed by atoms with Crippen LogP contribution in [-0.2, 0) is 17.9 Å². The number of nitrogens with two attached hydrogens (primary N) is 1. The zero-order valence-corrected chi connectivity index (χ0v) is 18.0. The summed E-state index contributed by atoms with van der Waals surface area (Å²) in [4.78, 5) is 17.2. The first-order chi connectivity index (χ1) is 12.7. The first-order valence-corrected chi connectivity index (χ1v) is 9.45. The van der Waals surface area contributed by atoms with Crippen LogP contribution in [0, 0.1) is 5.92 Å². The van der Waals surface area contributed by atoms with Crippen molar-refractivity contribution in [1.29, 1.82) is 0 Å². The molecule has 2 N–H and O–H groups in total. The fraction of sp³-hybridized carbons (Fsp3) is 0.409. The Kier molecular flexibility index (Phi) is 10.5. The van der Waals surface area contributed by atoms with Gasteiger partial charge in [0, 0.05) is 25.7 Å². The third-order valence-electron chi connectivity index (χ3n) is 5.17. The van der Waals surface area contributed by atoms with E-state index in [2.05, 4.69) is 36.1 Å². The van der Waals surface area contributed by atoms with Crippen molar-refractivity contribution in [2.24, 2.45) is 11.7 Å². The van der Waals surface area contributed by atoms with Crippen LogP contribution in [0.3, 0.4) is 0 Å². The van der Waals surface area contributed by atoms with Crippen molar-refractivity contribution in [2.45, 2.75) is 32.5 Å². The lowest BCUT2D eigenvalue weighted by Gasteiger charge is -2.27. The molecular weight excluding hydrogens is 393 g/mol. The zero-order chi connectivity index (χ0) is 18.4. The highest BCUT2D eigenvalue weighted by molar-refractivity contribution is 5.85. The van der Waals surface area contributed by atoms with Crippen LogP contribution in [0.25, 0.3) is 0 Å². The maximum Gasteiger partial charge on any atom is 0.237 e. The first-order valence-electron chi connectivity index (χ1n) is 9.45. The van der Waals surface area contributed by atoms with Gasteiger partial charge in [0.15, 0.2) is 0 Å². The van der Waals surface area contributed by atoms with E-state index >= 15 is 0 Å². The van der Waals surface area contributed by atoms with Gasteiger partial charge in [-0.05, 0) is 36.9 Å². The number of carbonyl (C=O) groups excluding carboxylic acids is 1. The van der Waals surface area contributed by atoms with Crippen molar-refractivity contribution >= 4 is 30.7 Å². The number of hydrogen-bond donors (Lipinski definition) is 1. The second-order valence-electron chi connectivity index (χ2n) is 7.35. The zero-order valence-electron chi connectivity index (χ0n) is 16.4. The van der Waals surface area contributed by atoms with E-state index < -0.39 is 0 Å². The Morgan fingerprint density at radius 2 is 1.50 bits per heavy atom. The molecule has 1 aliphatic heterocycles. The Hall–Kier alpha value is -1.59. The molecular formula is C22H31Cl2N3O. The molecule has 3 rings (SSSR count). The van der Waals surface area contributed by atoms with Gasteiger partial charge in [0.2, 0.25) is 5.91 Å². The van der Waals surface area contributed by atoms with Gasteiger partial charge in [-0.1, -0.05) is 60.7 Å². The molecule has 4 nitrogen and oxygen atoms in total. The smallest absolute Gasteiger partial charge is 0.237 e. The number of nitrogens with zero attached hydrogens (tertiary/aromatic N) is 2. The van der Waals surface area contributed by atoms with Gasteiger partial charge in [0.25, 0.3) is 0 Å². The predicted molar refractivity (Wildman–Crippen MR) is 120 cm³/mol. The summed E-state index contributed by atoms with van der Waals surface area (Å²) in [6.07, 6.45) is 1.01. The van der Waals surface area contributed by atoms with Crippen LogP contribution in [-0.4, -0.2) is 41.4 Å². The summed E-state index contributed by atoms with van der Waals surface area (Å²) in [6.45, 7) is 5.55. The minimum atomic E-state index is 0. The normalized spacial score (nSPS) is 18.5. The number of amides is 1. The average Bonchev–Trinajstić information content (AvgIpc) is 3.04. The number of likely N-dealkylation sites (tertiary alicyclic amines) is 1. The standard InChI is InChI=1S/C22H29N3O.2ClH/c1-18-12-21(13-23)16-25(18)22(26)17-24(14-19-8-4-2-5-9-19)15-20-10-6-3-7-11-20;;/h2-11,18,21H,12-17,23H2,1H3;2*1H. The van der Waals surface area contributed by atoms with Crippen molar-refractivity contribution in [1.82, 2.24) is 9.80 Å². The van der Waals surface area contributed by atoms with Crippen LogP contribution < -0.4 is 5.73 Å². The summed E-state index contributed by atoms with van der Waals surface area (Å²) in [6, 6.07) is 21.0. The van der Waals surface area contributed by atoms with Crippen LogP contribution >= 0.6 is 24.8 Å². The molecule has 2 aromatic rings. The summed E-state index contributed by atoms with van der Waals surface area (Å²) in [5.41, 5.74) is 8.27. The highest BCUT2D eigenvalue weighted by Crippen LogP contribution is 2.22. The molecule has 0 aromatic heterocycles. The monoisotopic (exact) mass is 423 g/mol. The summed E-state index contributed by atoms with van der Waals surface area (Å²) < 4.78 is 0. The van der Waals surface area contributed by atoms with Crippen LogP contribution in [0.1, 0.15) is 24.5 Å². The summed E-state index contributed by atoms with van der Waals surface area (Å²) >= 11 is 0. The van der Waals surface area contributed by atoms with Crippen molar-refractivity contribution < 1.29 is 4.79 Å². The fourth-order valence-electron chi connectivity index (χ4n) is 3.79. The third kappa shape index (κ3) is 6.78. The maximum atomic E-state index is 13.0. The Balaban J connectivity index is 0.00000196. The van der Waals surface area contributed by atoms with Gasteiger partial charge in [-0.25, -0.2) is 0 Å². The quantitative estimate of drug-likeness (QED) is 0.737. The van der Waals surface area contributed by atoms with Crippen LogP contribution in [0.4, 0.5) is 0 Å². The van der Waals surface area contributed by atoms with Gasteiger partial charge in [0.1, 0.15) is 0 Å². The summed E-state index contributed by atoms with van der Waals surface area (Å²) in [7, 11) is 0. The molecule has 1 aliphatic rings. The number of halogens is 2. The average molecular weight is 424 g/mol. The molecule has 1 amide bonds. The molecule has 1 saturated heterocycles. The van der Waals surface area contributed by atoms with Crippen LogP contribution in [0.15, 0.2) is 60.7 Å². The molecule has 6 heteroatoms. The highest BCUT2D eigenvalue weighted by atomic mass is 35.5. The van der Waals surface area contributed by atoms with E-state index in [9.17, 15) is 4.79 Å². The molecule has 0 aliphatic carbocycles. The lowest BCUT2D eigenvalue weighted by molar-refractivity contribution is -0.133. The van der Waals surface area contributed by atoms with E-state index in [0.717, 1.165) is 26.1 Å². The molecule has 154 valence electrons. The largest absolute Gasteiger partial charge is 0.339 e. The van der Waals surface area contributed by atoms with Gasteiger partial charge in [-0.2, -0.15) is 0 Å². The molecule has 2 aromatic carbocycles. The molecule has 2 atom stereocenters. The van der Waals surface area contributed by atoms with Gasteiger partial charge in [-0.15, -0.1) is 24.8 Å². The Bertz CT molecular complexity index is 658. The minimum Gasteiger partial charge on any atom is -0.339 e. The van der Waals surface area contributed by atoms with E-state index in [0.29, 0.717) is 19.0 Å². The van der Waals surface area contributed by atoms with Crippen molar-refractivity contribution in [2.75, 3.05) is 19.6 Å². The van der Waals surface area contributed by atoms with Gasteiger partial charge < -0.3 is 10.6 Å². The fourth-order valence-corrected chi connectivity index (χ4v) is 3.79. The minimum absolute atomic E-state index is 0. The van der Waals surface area contributed by atoms with Crippen molar-refractivity contribution in [3.8, 4) is 0 Å². The Morgan fingerprint density at radius 3 is 1.93 bits per heavy atom. The molecule has 2 unspecified atom stereocenters. The summed E-state index contributed by atoms with van der Waals surface area (Å²) in [5, 5.41) is 0. The number of rotatable bonds is 7. The Labute approximate surface area is 180 Å². The van der Waals surface area contributed by atoms with Crippen molar-refractivity contribution in [3.05, 3.63) is 71.8 Å². The second-order valence-corrected chi connectivity index (χ2v) is 7.35. The van der Waals surface area contributed by atoms with Gasteiger partial charge in [-0.3, -0.25) is 9.69 Å². The lowest BCUT2D eigenvalue weighted by Crippen LogP contribution is -2.41. The van der Waals surface area contributed by atoms with E-state index in [1.54, 1.807) is 0 Å². The third-order valence-corrected chi connectivity index (χ3v) is 5.17. The highest BCUT2D eigenvalue weighted by Gasteiger charge is 2.32. The van der Waals surface area contributed by atoms with Gasteiger partial charge >= 0.3 is 0 Å². The number of benzene rings is 2. The molecule has 0 bridgehead atoms. The van der Waals surface area contributed by atoms with Gasteiger partial charge in [0.05, 0.1) is 6.54 Å². The maximum absolute atomic E-state index is 13.0. The number of hydrogen-bond acceptors (Lipinski definition) is 3. The van der Waals surface area contributed by atoms with E-state index in [4.69, 9.17) is 5.73 Å². The second kappa shape index (κ2) is 12.1. The molecule has 0 radical (unpaired) electrons. The first kappa shape index (κ1) is 24.4. The van der Waals surface area contributed by atoms with Crippen LogP contribution in [0.5, 0.6) is 0 Å². The van der Waals surface area contributed by atoms with E-state index in [1.807, 2.05) is 41.3 Å². The molecule has 28 heavy (non-hydrogen) atoms. The SMILES string of the molecule is CC1CC(CN)CN1C(=O)CN(Cc1ccccc1)Cc1ccccc1.Cl.Cl. The Morgan fingerprint density at radius 1 is 1.00 bits per heavy atom. The molecule has 1 heterocycles. The van der Waals surface area contributed by atoms with E-state index in [1.165, 1.54) is 11.1 Å². The van der Waals surface area contributed by atoms with Crippen LogP contribution in [0.2, 0.25) is 0 Å². The molecule has 0 saturated carbocycles. The van der Waals surface area contributed by atoms with E-state index in [-0.39, 0.29) is 36.8 Å². The lowest BCUT2D eigenvalue weighted by atomic mass is 10.1. The molecule has 1 fully saturated rings. The topological polar surface area (TPSA) is 49.6 Å². The molecule has 0 spiro atoms.